The zero-order chi connectivity index (χ0) is 16.9. The standard InChI is InChI=1S/C17H18N4O2S/c18-16(22)15-11-14(20-21(15)12-5-2-1-3-6-12)17(23)19-9-8-13-7-4-10-24-13/h1-7,10,15H,8-9,11H2,(H2,18,22)(H,19,23)/t15-/m1/s1. The van der Waals surface area contributed by atoms with Crippen molar-refractivity contribution in [3.8, 4) is 0 Å². The van der Waals surface area contributed by atoms with E-state index >= 15 is 0 Å². The molecule has 2 aromatic rings. The van der Waals surface area contributed by atoms with E-state index in [0.29, 0.717) is 12.3 Å². The molecular formula is C17H18N4O2S. The Morgan fingerprint density at radius 1 is 1.25 bits per heavy atom. The second-order valence-electron chi connectivity index (χ2n) is 5.43. The number of nitrogens with one attached hydrogen (secondary N) is 1. The number of thiophene rings is 1. The minimum absolute atomic E-state index is 0.217. The van der Waals surface area contributed by atoms with Crippen LogP contribution < -0.4 is 16.1 Å². The fourth-order valence-electron chi connectivity index (χ4n) is 2.54. The third-order valence-electron chi connectivity index (χ3n) is 3.76. The molecule has 1 aromatic heterocycles. The summed E-state index contributed by atoms with van der Waals surface area (Å²) in [6.45, 7) is 0.533. The predicted octanol–water partition coefficient (Wildman–Crippen LogP) is 1.53. The highest BCUT2D eigenvalue weighted by Gasteiger charge is 2.34. The molecule has 0 radical (unpaired) electrons. The third-order valence-corrected chi connectivity index (χ3v) is 4.69. The quantitative estimate of drug-likeness (QED) is 0.834. The molecule has 0 bridgehead atoms. The first kappa shape index (κ1) is 16.2. The van der Waals surface area contributed by atoms with Gasteiger partial charge in [0.05, 0.1) is 5.69 Å². The number of rotatable bonds is 6. The largest absolute Gasteiger partial charge is 0.368 e. The molecule has 7 heteroatoms. The second kappa shape index (κ2) is 7.27. The number of benzene rings is 1. The summed E-state index contributed by atoms with van der Waals surface area (Å²) in [6, 6.07) is 12.6. The molecule has 2 heterocycles. The molecule has 124 valence electrons. The average Bonchev–Trinajstić information content (AvgIpc) is 3.25. The lowest BCUT2D eigenvalue weighted by Crippen LogP contribution is -2.40. The number of amides is 2. The van der Waals surface area contributed by atoms with E-state index in [0.717, 1.165) is 12.1 Å². The van der Waals surface area contributed by atoms with Gasteiger partial charge >= 0.3 is 0 Å². The van der Waals surface area contributed by atoms with Gasteiger partial charge in [-0.25, -0.2) is 0 Å². The lowest BCUT2D eigenvalue weighted by atomic mass is 10.1. The van der Waals surface area contributed by atoms with Crippen LogP contribution in [0.15, 0.2) is 52.9 Å². The van der Waals surface area contributed by atoms with Gasteiger partial charge < -0.3 is 11.1 Å². The molecule has 0 saturated heterocycles. The molecule has 6 nitrogen and oxygen atoms in total. The van der Waals surface area contributed by atoms with E-state index < -0.39 is 11.9 Å². The van der Waals surface area contributed by atoms with Gasteiger partial charge in [-0.1, -0.05) is 24.3 Å². The van der Waals surface area contributed by atoms with Crippen LogP contribution in [0.2, 0.25) is 0 Å². The molecule has 0 spiro atoms. The first-order chi connectivity index (χ1) is 11.6. The summed E-state index contributed by atoms with van der Waals surface area (Å²) in [6.07, 6.45) is 0.993. The maximum absolute atomic E-state index is 12.3. The van der Waals surface area contributed by atoms with Crippen LogP contribution in [-0.2, 0) is 16.0 Å². The SMILES string of the molecule is NC(=O)[C@H]1CC(C(=O)NCCc2cccs2)=NN1c1ccccc1. The van der Waals surface area contributed by atoms with Gasteiger partial charge in [-0.2, -0.15) is 5.10 Å². The summed E-state index contributed by atoms with van der Waals surface area (Å²) in [4.78, 5) is 25.2. The minimum atomic E-state index is -0.634. The number of hydrogen-bond donors (Lipinski definition) is 2. The van der Waals surface area contributed by atoms with Crippen molar-refractivity contribution in [2.45, 2.75) is 18.9 Å². The lowest BCUT2D eigenvalue weighted by molar-refractivity contribution is -0.119. The van der Waals surface area contributed by atoms with Crippen molar-refractivity contribution < 1.29 is 9.59 Å². The molecule has 1 aliphatic heterocycles. The van der Waals surface area contributed by atoms with Crippen LogP contribution in [0, 0.1) is 0 Å². The fraction of sp³-hybridized carbons (Fsp3) is 0.235. The van der Waals surface area contributed by atoms with Crippen molar-refractivity contribution in [1.29, 1.82) is 0 Å². The summed E-state index contributed by atoms with van der Waals surface area (Å²) in [5.74, 6) is -0.750. The third kappa shape index (κ3) is 3.62. The number of nitrogens with two attached hydrogens (primary N) is 1. The monoisotopic (exact) mass is 342 g/mol. The van der Waals surface area contributed by atoms with Crippen LogP contribution in [0.5, 0.6) is 0 Å². The maximum atomic E-state index is 12.3. The van der Waals surface area contributed by atoms with Crippen LogP contribution in [0.25, 0.3) is 0 Å². The summed E-state index contributed by atoms with van der Waals surface area (Å²) in [7, 11) is 0. The van der Waals surface area contributed by atoms with Crippen LogP contribution in [0.3, 0.4) is 0 Å². The van der Waals surface area contributed by atoms with E-state index in [9.17, 15) is 9.59 Å². The average molecular weight is 342 g/mol. The molecule has 3 N–H and O–H groups in total. The van der Waals surface area contributed by atoms with Gasteiger partial charge in [-0.05, 0) is 30.0 Å². The second-order valence-corrected chi connectivity index (χ2v) is 6.47. The Morgan fingerprint density at radius 3 is 2.71 bits per heavy atom. The van der Waals surface area contributed by atoms with E-state index in [-0.39, 0.29) is 12.3 Å². The first-order valence-electron chi connectivity index (χ1n) is 7.67. The summed E-state index contributed by atoms with van der Waals surface area (Å²) in [5, 5.41) is 10.7. The van der Waals surface area contributed by atoms with E-state index in [4.69, 9.17) is 5.73 Å². The predicted molar refractivity (Wildman–Crippen MR) is 95.0 cm³/mol. The molecule has 0 saturated carbocycles. The summed E-state index contributed by atoms with van der Waals surface area (Å²) >= 11 is 1.66. The Balaban J connectivity index is 1.66. The van der Waals surface area contributed by atoms with Crippen LogP contribution in [0.4, 0.5) is 5.69 Å². The molecule has 3 rings (SSSR count). The van der Waals surface area contributed by atoms with Gasteiger partial charge in [0, 0.05) is 17.8 Å². The molecule has 2 amide bonds. The molecule has 0 fully saturated rings. The van der Waals surface area contributed by atoms with Crippen molar-refractivity contribution in [2.24, 2.45) is 10.8 Å². The Bertz CT molecular complexity index is 743. The Kier molecular flexibility index (Phi) is 4.90. The highest BCUT2D eigenvalue weighted by Crippen LogP contribution is 2.24. The lowest BCUT2D eigenvalue weighted by Gasteiger charge is -2.20. The van der Waals surface area contributed by atoms with Crippen LogP contribution in [-0.4, -0.2) is 30.1 Å². The molecule has 1 atom stereocenters. The molecule has 24 heavy (non-hydrogen) atoms. The number of anilines is 1. The van der Waals surface area contributed by atoms with Crippen molar-refractivity contribution >= 4 is 34.6 Å². The van der Waals surface area contributed by atoms with Crippen LogP contribution >= 0.6 is 11.3 Å². The Hall–Kier alpha value is -2.67. The van der Waals surface area contributed by atoms with Crippen molar-refractivity contribution in [2.75, 3.05) is 11.6 Å². The Labute approximate surface area is 144 Å². The fourth-order valence-corrected chi connectivity index (χ4v) is 3.25. The number of para-hydroxylation sites is 1. The molecular weight excluding hydrogens is 324 g/mol. The number of hydrogen-bond acceptors (Lipinski definition) is 5. The zero-order valence-electron chi connectivity index (χ0n) is 13.0. The topological polar surface area (TPSA) is 87.8 Å². The van der Waals surface area contributed by atoms with E-state index in [2.05, 4.69) is 10.4 Å². The highest BCUT2D eigenvalue weighted by atomic mass is 32.1. The summed E-state index contributed by atoms with van der Waals surface area (Å²) < 4.78 is 0. The number of carbonyl (C=O) groups excluding carboxylic acids is 2. The number of nitrogens with zero attached hydrogens (tertiary/aromatic N) is 2. The molecule has 1 aliphatic rings. The van der Waals surface area contributed by atoms with Crippen molar-refractivity contribution in [3.63, 3.8) is 0 Å². The van der Waals surface area contributed by atoms with Gasteiger partial charge in [-0.3, -0.25) is 14.6 Å². The van der Waals surface area contributed by atoms with Crippen molar-refractivity contribution in [1.82, 2.24) is 5.32 Å². The summed E-state index contributed by atoms with van der Waals surface area (Å²) in [5.41, 5.74) is 6.53. The molecule has 1 aromatic carbocycles. The first-order valence-corrected chi connectivity index (χ1v) is 8.55. The molecule has 0 aliphatic carbocycles. The number of hydrazone groups is 1. The van der Waals surface area contributed by atoms with Gasteiger partial charge in [0.2, 0.25) is 5.91 Å². The van der Waals surface area contributed by atoms with Gasteiger partial charge in [0.15, 0.2) is 0 Å². The zero-order valence-corrected chi connectivity index (χ0v) is 13.8. The van der Waals surface area contributed by atoms with E-state index in [1.165, 1.54) is 9.89 Å². The minimum Gasteiger partial charge on any atom is -0.368 e. The normalized spacial score (nSPS) is 16.8. The van der Waals surface area contributed by atoms with Crippen molar-refractivity contribution in [3.05, 3.63) is 52.7 Å². The molecule has 0 unspecified atom stereocenters. The smallest absolute Gasteiger partial charge is 0.267 e. The van der Waals surface area contributed by atoms with Gasteiger partial charge in [-0.15, -0.1) is 11.3 Å². The number of primary amides is 1. The number of carbonyl (C=O) groups is 2. The van der Waals surface area contributed by atoms with E-state index in [1.54, 1.807) is 11.3 Å². The highest BCUT2D eigenvalue weighted by molar-refractivity contribution is 7.09. The van der Waals surface area contributed by atoms with Crippen LogP contribution in [0.1, 0.15) is 11.3 Å². The van der Waals surface area contributed by atoms with Gasteiger partial charge in [0.25, 0.3) is 5.91 Å². The maximum Gasteiger partial charge on any atom is 0.267 e. The van der Waals surface area contributed by atoms with Gasteiger partial charge in [0.1, 0.15) is 11.8 Å². The Morgan fingerprint density at radius 2 is 2.04 bits per heavy atom. The van der Waals surface area contributed by atoms with E-state index in [1.807, 2.05) is 47.8 Å².